The fourth-order valence-corrected chi connectivity index (χ4v) is 3.03. The van der Waals surface area contributed by atoms with Gasteiger partial charge in [-0.25, -0.2) is 0 Å². The number of carbonyl (C=O) groups is 2. The Kier molecular flexibility index (Phi) is 6.76. The summed E-state index contributed by atoms with van der Waals surface area (Å²) in [5.41, 5.74) is 7.24. The van der Waals surface area contributed by atoms with Crippen molar-refractivity contribution in [1.82, 2.24) is 5.32 Å². The summed E-state index contributed by atoms with van der Waals surface area (Å²) < 4.78 is 6.09. The van der Waals surface area contributed by atoms with E-state index in [0.29, 0.717) is 11.3 Å². The van der Waals surface area contributed by atoms with Gasteiger partial charge in [-0.2, -0.15) is 0 Å². The van der Waals surface area contributed by atoms with Crippen LogP contribution in [-0.2, 0) is 4.79 Å². The number of amides is 2. The van der Waals surface area contributed by atoms with Crippen LogP contribution in [0.3, 0.4) is 0 Å². The van der Waals surface area contributed by atoms with E-state index in [1.807, 2.05) is 25.1 Å². The summed E-state index contributed by atoms with van der Waals surface area (Å²) >= 11 is 3.47. The molecule has 0 spiro atoms. The molecular formula is C19H22BrN3O3. The Balaban J connectivity index is 1.97. The molecule has 0 fully saturated rings. The van der Waals surface area contributed by atoms with Crippen LogP contribution in [-0.4, -0.2) is 25.0 Å². The fraction of sp³-hybridized carbons (Fsp3) is 0.263. The van der Waals surface area contributed by atoms with E-state index in [2.05, 4.69) is 26.6 Å². The molecule has 0 saturated heterocycles. The van der Waals surface area contributed by atoms with Crippen molar-refractivity contribution >= 4 is 33.4 Å². The van der Waals surface area contributed by atoms with Gasteiger partial charge in [0.25, 0.3) is 0 Å². The summed E-state index contributed by atoms with van der Waals surface area (Å²) in [6.45, 7) is 3.78. The molecule has 0 saturated carbocycles. The first-order chi connectivity index (χ1) is 12.3. The van der Waals surface area contributed by atoms with Crippen molar-refractivity contribution in [3.8, 4) is 5.75 Å². The third-order valence-corrected chi connectivity index (χ3v) is 4.63. The van der Waals surface area contributed by atoms with Crippen molar-refractivity contribution in [1.29, 1.82) is 0 Å². The Morgan fingerprint density at radius 3 is 2.31 bits per heavy atom. The molecule has 0 bridgehead atoms. The van der Waals surface area contributed by atoms with Crippen LogP contribution in [0.1, 0.15) is 35.8 Å². The average molecular weight is 420 g/mol. The molecule has 0 radical (unpaired) electrons. The Morgan fingerprint density at radius 2 is 1.77 bits per heavy atom. The summed E-state index contributed by atoms with van der Waals surface area (Å²) in [6, 6.07) is 11.8. The summed E-state index contributed by atoms with van der Waals surface area (Å²) in [6.07, 6.45) is 0. The molecular weight excluding hydrogens is 398 g/mol. The van der Waals surface area contributed by atoms with Gasteiger partial charge in [0.05, 0.1) is 17.6 Å². The van der Waals surface area contributed by atoms with Crippen LogP contribution >= 0.6 is 15.9 Å². The SMILES string of the molecule is COc1ccc([C@@H](C)N[C@H](C)C(=O)Nc2ccc(C(N)=O)cc2)cc1Br. The Bertz CT molecular complexity index is 793. The number of halogens is 1. The van der Waals surface area contributed by atoms with Gasteiger partial charge in [0.15, 0.2) is 0 Å². The standard InChI is InChI=1S/C19H22BrN3O3/c1-11(14-6-9-17(26-3)16(20)10-14)22-12(2)19(25)23-15-7-4-13(5-8-15)18(21)24/h4-12,22H,1-3H3,(H2,21,24)(H,23,25)/t11-,12-/m1/s1. The molecule has 6 nitrogen and oxygen atoms in total. The van der Waals surface area contributed by atoms with Gasteiger partial charge in [-0.15, -0.1) is 0 Å². The second kappa shape index (κ2) is 8.82. The molecule has 0 aliphatic carbocycles. The molecule has 0 aliphatic rings. The minimum atomic E-state index is -0.502. The molecule has 2 amide bonds. The van der Waals surface area contributed by atoms with Crippen LogP contribution in [0, 0.1) is 0 Å². The van der Waals surface area contributed by atoms with Gasteiger partial charge < -0.3 is 15.8 Å². The lowest BCUT2D eigenvalue weighted by molar-refractivity contribution is -0.117. The van der Waals surface area contributed by atoms with E-state index >= 15 is 0 Å². The van der Waals surface area contributed by atoms with Gasteiger partial charge in [-0.1, -0.05) is 6.07 Å². The first-order valence-corrected chi connectivity index (χ1v) is 8.91. The smallest absolute Gasteiger partial charge is 0.248 e. The topological polar surface area (TPSA) is 93.4 Å². The van der Waals surface area contributed by atoms with E-state index in [0.717, 1.165) is 15.8 Å². The highest BCUT2D eigenvalue weighted by molar-refractivity contribution is 9.10. The third kappa shape index (κ3) is 5.06. The van der Waals surface area contributed by atoms with E-state index in [1.54, 1.807) is 38.3 Å². The predicted molar refractivity (Wildman–Crippen MR) is 105 cm³/mol. The third-order valence-electron chi connectivity index (χ3n) is 4.01. The van der Waals surface area contributed by atoms with Crippen molar-refractivity contribution in [2.75, 3.05) is 12.4 Å². The minimum absolute atomic E-state index is 0.0322. The summed E-state index contributed by atoms with van der Waals surface area (Å²) in [5.74, 6) is 0.0831. The maximum Gasteiger partial charge on any atom is 0.248 e. The van der Waals surface area contributed by atoms with Crippen LogP contribution < -0.4 is 21.1 Å². The Morgan fingerprint density at radius 1 is 1.12 bits per heavy atom. The van der Waals surface area contributed by atoms with E-state index < -0.39 is 11.9 Å². The number of ether oxygens (including phenoxy) is 1. The van der Waals surface area contributed by atoms with Gasteiger partial charge in [-0.05, 0) is 71.7 Å². The number of nitrogens with one attached hydrogen (secondary N) is 2. The first-order valence-electron chi connectivity index (χ1n) is 8.12. The molecule has 2 rings (SSSR count). The zero-order chi connectivity index (χ0) is 19.3. The van der Waals surface area contributed by atoms with Gasteiger partial charge in [0.1, 0.15) is 5.75 Å². The zero-order valence-corrected chi connectivity index (χ0v) is 16.5. The number of primary amides is 1. The highest BCUT2D eigenvalue weighted by atomic mass is 79.9. The summed E-state index contributed by atoms with van der Waals surface area (Å²) in [5, 5.41) is 6.07. The number of carbonyl (C=O) groups excluding carboxylic acids is 2. The number of methoxy groups -OCH3 is 1. The highest BCUT2D eigenvalue weighted by Crippen LogP contribution is 2.28. The number of anilines is 1. The quantitative estimate of drug-likeness (QED) is 0.641. The van der Waals surface area contributed by atoms with Crippen LogP contribution in [0.25, 0.3) is 0 Å². The van der Waals surface area contributed by atoms with Crippen LogP contribution in [0.5, 0.6) is 5.75 Å². The average Bonchev–Trinajstić information content (AvgIpc) is 2.61. The van der Waals surface area contributed by atoms with Gasteiger partial charge in [0.2, 0.25) is 11.8 Å². The molecule has 2 atom stereocenters. The Hall–Kier alpha value is -2.38. The Labute approximate surface area is 161 Å². The fourth-order valence-electron chi connectivity index (χ4n) is 2.47. The van der Waals surface area contributed by atoms with Gasteiger partial charge in [-0.3, -0.25) is 14.9 Å². The van der Waals surface area contributed by atoms with E-state index in [4.69, 9.17) is 10.5 Å². The minimum Gasteiger partial charge on any atom is -0.496 e. The van der Waals surface area contributed by atoms with Crippen LogP contribution in [0.2, 0.25) is 0 Å². The van der Waals surface area contributed by atoms with Crippen molar-refractivity contribution in [2.45, 2.75) is 25.9 Å². The maximum atomic E-state index is 12.4. The number of hydrogen-bond acceptors (Lipinski definition) is 4. The zero-order valence-electron chi connectivity index (χ0n) is 14.9. The lowest BCUT2D eigenvalue weighted by Crippen LogP contribution is -2.39. The molecule has 0 aromatic heterocycles. The summed E-state index contributed by atoms with van der Waals surface area (Å²) in [4.78, 5) is 23.4. The van der Waals surface area contributed by atoms with Crippen LogP contribution in [0.15, 0.2) is 46.9 Å². The van der Waals surface area contributed by atoms with Crippen LogP contribution in [0.4, 0.5) is 5.69 Å². The molecule has 2 aromatic rings. The lowest BCUT2D eigenvalue weighted by atomic mass is 10.1. The van der Waals surface area contributed by atoms with Gasteiger partial charge >= 0.3 is 0 Å². The number of rotatable bonds is 7. The monoisotopic (exact) mass is 419 g/mol. The second-order valence-corrected chi connectivity index (χ2v) is 6.79. The lowest BCUT2D eigenvalue weighted by Gasteiger charge is -2.20. The molecule has 7 heteroatoms. The predicted octanol–water partition coefficient (Wildman–Crippen LogP) is 3.23. The molecule has 4 N–H and O–H groups in total. The van der Waals surface area contributed by atoms with Crippen molar-refractivity contribution in [3.63, 3.8) is 0 Å². The molecule has 0 heterocycles. The van der Waals surface area contributed by atoms with E-state index in [-0.39, 0.29) is 11.9 Å². The maximum absolute atomic E-state index is 12.4. The molecule has 26 heavy (non-hydrogen) atoms. The van der Waals surface area contributed by atoms with Crippen molar-refractivity contribution in [3.05, 3.63) is 58.1 Å². The molecule has 138 valence electrons. The molecule has 0 unspecified atom stereocenters. The largest absolute Gasteiger partial charge is 0.496 e. The molecule has 0 aliphatic heterocycles. The number of nitrogens with two attached hydrogens (primary N) is 1. The van der Waals surface area contributed by atoms with Crippen molar-refractivity contribution in [2.24, 2.45) is 5.73 Å². The highest BCUT2D eigenvalue weighted by Gasteiger charge is 2.17. The van der Waals surface area contributed by atoms with Gasteiger partial charge in [0, 0.05) is 17.3 Å². The second-order valence-electron chi connectivity index (χ2n) is 5.93. The number of benzene rings is 2. The van der Waals surface area contributed by atoms with Crippen molar-refractivity contribution < 1.29 is 14.3 Å². The first kappa shape index (κ1) is 19.9. The van der Waals surface area contributed by atoms with E-state index in [9.17, 15) is 9.59 Å². The normalized spacial score (nSPS) is 12.9. The van der Waals surface area contributed by atoms with E-state index in [1.165, 1.54) is 0 Å². The summed E-state index contributed by atoms with van der Waals surface area (Å²) in [7, 11) is 1.61. The molecule has 2 aromatic carbocycles. The number of hydrogen-bond donors (Lipinski definition) is 3.